The normalized spacial score (nSPS) is 18.7. The van der Waals surface area contributed by atoms with Crippen molar-refractivity contribution in [3.63, 3.8) is 0 Å². The van der Waals surface area contributed by atoms with E-state index >= 15 is 0 Å². The predicted molar refractivity (Wildman–Crippen MR) is 68.5 cm³/mol. The molecule has 5 nitrogen and oxygen atoms in total. The van der Waals surface area contributed by atoms with Crippen LogP contribution in [-0.2, 0) is 6.42 Å². The molecular formula is C12H14N4OS. The Hall–Kier alpha value is -1.69. The van der Waals surface area contributed by atoms with Crippen LogP contribution in [-0.4, -0.2) is 32.5 Å². The Morgan fingerprint density at radius 2 is 2.56 bits per heavy atom. The molecule has 1 aliphatic heterocycles. The number of fused-ring (bicyclic) bond motifs is 1. The molecule has 6 heteroatoms. The molecule has 1 aliphatic rings. The van der Waals surface area contributed by atoms with Gasteiger partial charge in [-0.3, -0.25) is 9.89 Å². The molecule has 0 aliphatic carbocycles. The third kappa shape index (κ3) is 1.73. The zero-order valence-electron chi connectivity index (χ0n) is 10.1. The summed E-state index contributed by atoms with van der Waals surface area (Å²) < 4.78 is 0. The fraction of sp³-hybridized carbons (Fsp3) is 0.417. The van der Waals surface area contributed by atoms with Crippen LogP contribution < -0.4 is 0 Å². The molecule has 0 radical (unpaired) electrons. The Bertz CT molecular complexity index is 548. The Morgan fingerprint density at radius 3 is 3.28 bits per heavy atom. The van der Waals surface area contributed by atoms with Crippen LogP contribution in [0.2, 0.25) is 0 Å². The van der Waals surface area contributed by atoms with Gasteiger partial charge in [0.15, 0.2) is 0 Å². The van der Waals surface area contributed by atoms with Gasteiger partial charge in [0.2, 0.25) is 5.82 Å². The molecule has 0 saturated carbocycles. The minimum absolute atomic E-state index is 0.0591. The fourth-order valence-electron chi connectivity index (χ4n) is 2.52. The van der Waals surface area contributed by atoms with Gasteiger partial charge in [0.05, 0.1) is 6.04 Å². The largest absolute Gasteiger partial charge is 0.329 e. The van der Waals surface area contributed by atoms with Gasteiger partial charge in [0.1, 0.15) is 6.33 Å². The van der Waals surface area contributed by atoms with Crippen LogP contribution in [0.3, 0.4) is 0 Å². The van der Waals surface area contributed by atoms with Crippen LogP contribution in [0.25, 0.3) is 0 Å². The second-order valence-corrected chi connectivity index (χ2v) is 5.31. The number of H-pyrrole nitrogens is 1. The van der Waals surface area contributed by atoms with Crippen LogP contribution in [0.5, 0.6) is 0 Å². The van der Waals surface area contributed by atoms with Crippen molar-refractivity contribution in [2.75, 3.05) is 6.54 Å². The maximum atomic E-state index is 12.4. The van der Waals surface area contributed by atoms with Gasteiger partial charge < -0.3 is 4.90 Å². The Labute approximate surface area is 109 Å². The lowest BCUT2D eigenvalue weighted by Crippen LogP contribution is -2.39. The number of carbonyl (C=O) groups is 1. The van der Waals surface area contributed by atoms with Gasteiger partial charge in [0, 0.05) is 11.4 Å². The van der Waals surface area contributed by atoms with Crippen molar-refractivity contribution in [2.24, 2.45) is 0 Å². The summed E-state index contributed by atoms with van der Waals surface area (Å²) in [6.45, 7) is 2.86. The van der Waals surface area contributed by atoms with Crippen LogP contribution in [0.1, 0.15) is 40.4 Å². The Balaban J connectivity index is 1.92. The number of nitrogens with zero attached hydrogens (tertiary/aromatic N) is 3. The average molecular weight is 262 g/mol. The van der Waals surface area contributed by atoms with Crippen molar-refractivity contribution in [2.45, 2.75) is 25.8 Å². The summed E-state index contributed by atoms with van der Waals surface area (Å²) in [5.41, 5.74) is 1.29. The summed E-state index contributed by atoms with van der Waals surface area (Å²) in [7, 11) is 0. The quantitative estimate of drug-likeness (QED) is 0.900. The topological polar surface area (TPSA) is 61.9 Å². The van der Waals surface area contributed by atoms with Gasteiger partial charge >= 0.3 is 0 Å². The molecule has 94 valence electrons. The molecule has 0 aromatic carbocycles. The summed E-state index contributed by atoms with van der Waals surface area (Å²) in [5, 5.41) is 8.50. The smallest absolute Gasteiger partial charge is 0.291 e. The van der Waals surface area contributed by atoms with Crippen LogP contribution >= 0.6 is 11.3 Å². The molecule has 18 heavy (non-hydrogen) atoms. The summed E-state index contributed by atoms with van der Waals surface area (Å²) in [6.07, 6.45) is 3.22. The van der Waals surface area contributed by atoms with E-state index in [0.29, 0.717) is 5.82 Å². The van der Waals surface area contributed by atoms with Gasteiger partial charge in [-0.15, -0.1) is 11.3 Å². The first-order valence-electron chi connectivity index (χ1n) is 6.04. The molecule has 1 amide bonds. The third-order valence-corrected chi connectivity index (χ3v) is 4.36. The highest BCUT2D eigenvalue weighted by atomic mass is 32.1. The lowest BCUT2D eigenvalue weighted by atomic mass is 9.98. The van der Waals surface area contributed by atoms with Crippen molar-refractivity contribution in [3.8, 4) is 0 Å². The summed E-state index contributed by atoms with van der Waals surface area (Å²) >= 11 is 1.78. The van der Waals surface area contributed by atoms with Crippen LogP contribution in [0, 0.1) is 0 Å². The molecule has 3 rings (SSSR count). The van der Waals surface area contributed by atoms with E-state index in [1.54, 1.807) is 11.3 Å². The van der Waals surface area contributed by atoms with Gasteiger partial charge in [0.25, 0.3) is 5.91 Å². The van der Waals surface area contributed by atoms with Crippen molar-refractivity contribution in [1.29, 1.82) is 0 Å². The molecule has 0 bridgehead atoms. The summed E-state index contributed by atoms with van der Waals surface area (Å²) in [5.74, 6) is 0.267. The summed E-state index contributed by atoms with van der Waals surface area (Å²) in [4.78, 5) is 19.6. The number of rotatable bonds is 2. The summed E-state index contributed by atoms with van der Waals surface area (Å²) in [6, 6.07) is 2.30. The lowest BCUT2D eigenvalue weighted by Gasteiger charge is -2.34. The number of amides is 1. The first-order chi connectivity index (χ1) is 8.81. The molecule has 0 spiro atoms. The van der Waals surface area contributed by atoms with Crippen LogP contribution in [0.4, 0.5) is 0 Å². The Kier molecular flexibility index (Phi) is 2.87. The van der Waals surface area contributed by atoms with Gasteiger partial charge in [-0.25, -0.2) is 4.98 Å². The highest BCUT2D eigenvalue weighted by Gasteiger charge is 2.31. The van der Waals surface area contributed by atoms with E-state index in [1.165, 1.54) is 16.8 Å². The highest BCUT2D eigenvalue weighted by molar-refractivity contribution is 7.10. The van der Waals surface area contributed by atoms with E-state index < -0.39 is 0 Å². The molecule has 3 heterocycles. The number of carbonyl (C=O) groups excluding carboxylic acids is 1. The second-order valence-electron chi connectivity index (χ2n) is 4.31. The van der Waals surface area contributed by atoms with E-state index in [0.717, 1.165) is 19.4 Å². The average Bonchev–Trinajstić information content (AvgIpc) is 3.06. The van der Waals surface area contributed by atoms with E-state index in [2.05, 4.69) is 33.6 Å². The molecule has 2 aromatic rings. The second kappa shape index (κ2) is 4.53. The van der Waals surface area contributed by atoms with Crippen molar-refractivity contribution in [3.05, 3.63) is 34.0 Å². The minimum atomic E-state index is -0.0591. The maximum Gasteiger partial charge on any atom is 0.291 e. The fourth-order valence-corrected chi connectivity index (χ4v) is 3.45. The van der Waals surface area contributed by atoms with E-state index in [9.17, 15) is 4.79 Å². The third-order valence-electron chi connectivity index (χ3n) is 3.36. The minimum Gasteiger partial charge on any atom is -0.329 e. The van der Waals surface area contributed by atoms with E-state index in [4.69, 9.17) is 0 Å². The molecule has 1 atom stereocenters. The number of aromatic amines is 1. The Morgan fingerprint density at radius 1 is 1.67 bits per heavy atom. The number of hydrogen-bond acceptors (Lipinski definition) is 4. The van der Waals surface area contributed by atoms with Gasteiger partial charge in [-0.05, 0) is 29.9 Å². The zero-order valence-corrected chi connectivity index (χ0v) is 10.9. The molecule has 1 N–H and O–H groups in total. The monoisotopic (exact) mass is 262 g/mol. The zero-order chi connectivity index (χ0) is 12.5. The number of hydrogen-bond donors (Lipinski definition) is 1. The molecular weight excluding hydrogens is 248 g/mol. The molecule has 0 fully saturated rings. The van der Waals surface area contributed by atoms with Gasteiger partial charge in [-0.2, -0.15) is 5.10 Å². The van der Waals surface area contributed by atoms with E-state index in [1.807, 2.05) is 4.90 Å². The molecule has 1 unspecified atom stereocenters. The van der Waals surface area contributed by atoms with Crippen LogP contribution in [0.15, 0.2) is 17.8 Å². The van der Waals surface area contributed by atoms with Crippen molar-refractivity contribution < 1.29 is 4.79 Å². The van der Waals surface area contributed by atoms with Gasteiger partial charge in [-0.1, -0.05) is 6.92 Å². The first kappa shape index (κ1) is 11.4. The van der Waals surface area contributed by atoms with E-state index in [-0.39, 0.29) is 11.9 Å². The SMILES string of the molecule is CCC1c2ccsc2CCN1C(=O)c1ncn[nH]1. The van der Waals surface area contributed by atoms with Crippen molar-refractivity contribution >= 4 is 17.2 Å². The lowest BCUT2D eigenvalue weighted by molar-refractivity contribution is 0.0645. The number of aromatic nitrogens is 3. The highest BCUT2D eigenvalue weighted by Crippen LogP contribution is 2.35. The standard InChI is InChI=1S/C12H14N4OS/c1-2-9-8-4-6-18-10(8)3-5-16(9)12(17)11-13-7-14-15-11/h4,6-7,9H,2-3,5H2,1H3,(H,13,14,15). The number of thiophene rings is 1. The molecule has 2 aromatic heterocycles. The number of nitrogens with one attached hydrogen (secondary N) is 1. The molecule has 0 saturated heterocycles. The maximum absolute atomic E-state index is 12.4. The predicted octanol–water partition coefficient (Wildman–Crippen LogP) is 2.02. The first-order valence-corrected chi connectivity index (χ1v) is 6.91. The van der Waals surface area contributed by atoms with Crippen molar-refractivity contribution in [1.82, 2.24) is 20.1 Å².